The van der Waals surface area contributed by atoms with Crippen LogP contribution in [-0.2, 0) is 22.4 Å². The third kappa shape index (κ3) is 6.05. The molecule has 0 aromatic heterocycles. The Morgan fingerprint density at radius 3 is 2.46 bits per heavy atom. The summed E-state index contributed by atoms with van der Waals surface area (Å²) < 4.78 is 0. The van der Waals surface area contributed by atoms with Crippen molar-refractivity contribution in [2.75, 3.05) is 11.4 Å². The highest BCUT2D eigenvalue weighted by Gasteiger charge is 2.40. The fraction of sp³-hybridized carbons (Fsp3) is 0.179. The van der Waals surface area contributed by atoms with Gasteiger partial charge in [-0.15, -0.1) is 0 Å². The lowest BCUT2D eigenvalue weighted by atomic mass is 10.1. The SMILES string of the molecule is Cc1ccc(N2C(=O)C(Cc3cccc([N+](=O)[O-])c3)S/C2=C(/C#N)C(=O)NCCc2ccccc2)cc1. The third-order valence-electron chi connectivity index (χ3n) is 5.88. The van der Waals surface area contributed by atoms with Gasteiger partial charge in [-0.1, -0.05) is 71.9 Å². The number of carbonyl (C=O) groups excluding carboxylic acids is 2. The van der Waals surface area contributed by atoms with E-state index in [0.717, 1.165) is 22.9 Å². The van der Waals surface area contributed by atoms with E-state index < -0.39 is 16.1 Å². The minimum Gasteiger partial charge on any atom is -0.351 e. The molecule has 0 spiro atoms. The Bertz CT molecular complexity index is 1400. The average Bonchev–Trinajstić information content (AvgIpc) is 3.21. The fourth-order valence-corrected chi connectivity index (χ4v) is 5.29. The van der Waals surface area contributed by atoms with Crippen molar-refractivity contribution in [3.63, 3.8) is 0 Å². The number of carbonyl (C=O) groups is 2. The van der Waals surface area contributed by atoms with Gasteiger partial charge >= 0.3 is 0 Å². The van der Waals surface area contributed by atoms with Crippen molar-refractivity contribution in [2.24, 2.45) is 0 Å². The standard InChI is InChI=1S/C28H24N4O4S/c1-19-10-12-22(13-11-19)31-27(34)25(17-21-8-5-9-23(16-21)32(35)36)37-28(31)24(18-29)26(33)30-15-14-20-6-3-2-4-7-20/h2-13,16,25H,14-15,17H2,1H3,(H,30,33)/b28-24-. The molecule has 1 N–H and O–H groups in total. The van der Waals surface area contributed by atoms with Gasteiger partial charge in [0.25, 0.3) is 11.6 Å². The van der Waals surface area contributed by atoms with E-state index in [1.54, 1.807) is 24.3 Å². The van der Waals surface area contributed by atoms with Crippen molar-refractivity contribution in [1.29, 1.82) is 5.26 Å². The van der Waals surface area contributed by atoms with Crippen LogP contribution in [0.5, 0.6) is 0 Å². The Kier molecular flexibility index (Phi) is 8.01. The van der Waals surface area contributed by atoms with Gasteiger partial charge in [-0.2, -0.15) is 5.26 Å². The Hall–Kier alpha value is -4.42. The first kappa shape index (κ1) is 25.7. The van der Waals surface area contributed by atoms with Crippen LogP contribution < -0.4 is 10.2 Å². The van der Waals surface area contributed by atoms with Gasteiger partial charge in [-0.05, 0) is 43.0 Å². The van der Waals surface area contributed by atoms with Gasteiger partial charge in [0.1, 0.15) is 16.7 Å². The van der Waals surface area contributed by atoms with Crippen LogP contribution in [0, 0.1) is 28.4 Å². The Morgan fingerprint density at radius 2 is 1.78 bits per heavy atom. The third-order valence-corrected chi connectivity index (χ3v) is 7.15. The highest BCUT2D eigenvalue weighted by molar-refractivity contribution is 8.05. The second kappa shape index (κ2) is 11.5. The van der Waals surface area contributed by atoms with Gasteiger partial charge in [0.15, 0.2) is 0 Å². The van der Waals surface area contributed by atoms with Gasteiger partial charge in [0.2, 0.25) is 5.91 Å². The normalized spacial score (nSPS) is 16.3. The molecule has 3 aromatic carbocycles. The first-order chi connectivity index (χ1) is 17.9. The van der Waals surface area contributed by atoms with Gasteiger partial charge < -0.3 is 5.32 Å². The van der Waals surface area contributed by atoms with Crippen LogP contribution in [0.1, 0.15) is 16.7 Å². The average molecular weight is 513 g/mol. The molecule has 1 unspecified atom stereocenters. The molecule has 1 atom stereocenters. The van der Waals surface area contributed by atoms with Crippen LogP contribution in [0.3, 0.4) is 0 Å². The molecule has 8 nitrogen and oxygen atoms in total. The number of rotatable bonds is 8. The monoisotopic (exact) mass is 512 g/mol. The van der Waals surface area contributed by atoms with Gasteiger partial charge in [0.05, 0.1) is 10.2 Å². The maximum Gasteiger partial charge on any atom is 0.269 e. The van der Waals surface area contributed by atoms with E-state index in [2.05, 4.69) is 5.32 Å². The molecule has 9 heteroatoms. The number of nitro groups is 1. The molecule has 186 valence electrons. The van der Waals surface area contributed by atoms with E-state index in [1.165, 1.54) is 17.0 Å². The molecule has 1 aliphatic rings. The maximum atomic E-state index is 13.6. The molecular weight excluding hydrogens is 488 g/mol. The van der Waals surface area contributed by atoms with E-state index in [4.69, 9.17) is 0 Å². The number of thioether (sulfide) groups is 1. The van der Waals surface area contributed by atoms with Crippen molar-refractivity contribution >= 4 is 35.0 Å². The molecule has 0 saturated carbocycles. The van der Waals surface area contributed by atoms with Gasteiger partial charge in [-0.25, -0.2) is 0 Å². The van der Waals surface area contributed by atoms with Gasteiger partial charge in [-0.3, -0.25) is 24.6 Å². The summed E-state index contributed by atoms with van der Waals surface area (Å²) in [6.07, 6.45) is 0.815. The molecule has 1 fully saturated rings. The molecule has 4 rings (SSSR count). The maximum absolute atomic E-state index is 13.6. The summed E-state index contributed by atoms with van der Waals surface area (Å²) in [5.74, 6) is -0.845. The minimum atomic E-state index is -0.654. The van der Waals surface area contributed by atoms with E-state index in [-0.39, 0.29) is 28.6 Å². The predicted molar refractivity (Wildman–Crippen MR) is 143 cm³/mol. The van der Waals surface area contributed by atoms with Crippen LogP contribution >= 0.6 is 11.8 Å². The summed E-state index contributed by atoms with van der Waals surface area (Å²) in [7, 11) is 0. The second-order valence-electron chi connectivity index (χ2n) is 8.53. The predicted octanol–water partition coefficient (Wildman–Crippen LogP) is 4.69. The van der Waals surface area contributed by atoms with E-state index in [0.29, 0.717) is 24.2 Å². The second-order valence-corrected chi connectivity index (χ2v) is 9.72. The van der Waals surface area contributed by atoms with E-state index in [1.807, 2.05) is 55.5 Å². The lowest BCUT2D eigenvalue weighted by molar-refractivity contribution is -0.384. The number of amides is 2. The summed E-state index contributed by atoms with van der Waals surface area (Å²) in [5.41, 5.74) is 3.02. The number of aryl methyl sites for hydroxylation is 1. The number of non-ortho nitro benzene ring substituents is 1. The van der Waals surface area contributed by atoms with Crippen molar-refractivity contribution in [2.45, 2.75) is 25.0 Å². The molecule has 2 amide bonds. The quantitative estimate of drug-likeness (QED) is 0.203. The molecule has 1 saturated heterocycles. The largest absolute Gasteiger partial charge is 0.351 e. The van der Waals surface area contributed by atoms with Crippen molar-refractivity contribution in [3.8, 4) is 6.07 Å². The highest BCUT2D eigenvalue weighted by atomic mass is 32.2. The molecule has 0 radical (unpaired) electrons. The van der Waals surface area contributed by atoms with Crippen molar-refractivity contribution in [3.05, 3.63) is 116 Å². The van der Waals surface area contributed by atoms with Crippen LogP contribution in [0.25, 0.3) is 0 Å². The number of hydrogen-bond donors (Lipinski definition) is 1. The smallest absolute Gasteiger partial charge is 0.269 e. The van der Waals surface area contributed by atoms with Crippen LogP contribution in [0.4, 0.5) is 11.4 Å². The van der Waals surface area contributed by atoms with Crippen LogP contribution in [-0.4, -0.2) is 28.5 Å². The lowest BCUT2D eigenvalue weighted by Gasteiger charge is -2.19. The summed E-state index contributed by atoms with van der Waals surface area (Å²) in [6, 6.07) is 25.0. The molecular formula is C28H24N4O4S. The first-order valence-electron chi connectivity index (χ1n) is 11.6. The zero-order valence-electron chi connectivity index (χ0n) is 20.1. The topological polar surface area (TPSA) is 116 Å². The van der Waals surface area contributed by atoms with Gasteiger partial charge in [0, 0.05) is 24.4 Å². The number of benzene rings is 3. The van der Waals surface area contributed by atoms with Crippen molar-refractivity contribution in [1.82, 2.24) is 5.32 Å². The summed E-state index contributed by atoms with van der Waals surface area (Å²) in [5, 5.41) is 23.5. The zero-order chi connectivity index (χ0) is 26.4. The number of hydrogen-bond acceptors (Lipinski definition) is 6. The number of nitriles is 1. The molecule has 1 aliphatic heterocycles. The fourth-order valence-electron chi connectivity index (χ4n) is 3.98. The zero-order valence-corrected chi connectivity index (χ0v) is 20.9. The molecule has 37 heavy (non-hydrogen) atoms. The Morgan fingerprint density at radius 1 is 1.08 bits per heavy atom. The molecule has 1 heterocycles. The summed E-state index contributed by atoms with van der Waals surface area (Å²) in [4.78, 5) is 38.7. The number of nitrogens with zero attached hydrogens (tertiary/aromatic N) is 3. The number of nitro benzene ring substituents is 1. The van der Waals surface area contributed by atoms with Crippen molar-refractivity contribution < 1.29 is 14.5 Å². The number of anilines is 1. The summed E-state index contributed by atoms with van der Waals surface area (Å²) >= 11 is 1.13. The van der Waals surface area contributed by atoms with Crippen LogP contribution in [0.15, 0.2) is 89.5 Å². The van der Waals surface area contributed by atoms with Crippen LogP contribution in [0.2, 0.25) is 0 Å². The Labute approximate surface area is 218 Å². The highest BCUT2D eigenvalue weighted by Crippen LogP contribution is 2.42. The lowest BCUT2D eigenvalue weighted by Crippen LogP contribution is -2.32. The first-order valence-corrected chi connectivity index (χ1v) is 12.5. The Balaban J connectivity index is 1.62. The minimum absolute atomic E-state index is 0.0605. The molecule has 3 aromatic rings. The number of nitrogens with one attached hydrogen (secondary N) is 1. The van der Waals surface area contributed by atoms with E-state index >= 15 is 0 Å². The molecule has 0 bridgehead atoms. The van der Waals surface area contributed by atoms with E-state index in [9.17, 15) is 25.0 Å². The molecule has 0 aliphatic carbocycles. The summed E-state index contributed by atoms with van der Waals surface area (Å²) in [6.45, 7) is 2.26.